The van der Waals surface area contributed by atoms with Crippen molar-refractivity contribution in [3.05, 3.63) is 29.3 Å². The number of rotatable bonds is 3. The Balaban J connectivity index is 2.00. The van der Waals surface area contributed by atoms with Crippen LogP contribution in [0.15, 0.2) is 12.1 Å². The summed E-state index contributed by atoms with van der Waals surface area (Å²) in [5.41, 5.74) is 0.558. The van der Waals surface area contributed by atoms with E-state index in [1.54, 1.807) is 6.92 Å². The summed E-state index contributed by atoms with van der Waals surface area (Å²) in [6.07, 6.45) is 0.975. The number of hydrogen-bond donors (Lipinski definition) is 1. The first-order valence-corrected chi connectivity index (χ1v) is 5.44. The molecule has 1 aromatic carbocycles. The predicted molar refractivity (Wildman–Crippen MR) is 58.5 cm³/mol. The minimum absolute atomic E-state index is 0.231. The maximum atomic E-state index is 13.4. The van der Waals surface area contributed by atoms with Crippen LogP contribution in [-0.4, -0.2) is 19.8 Å². The van der Waals surface area contributed by atoms with E-state index in [2.05, 4.69) is 5.32 Å². The summed E-state index contributed by atoms with van der Waals surface area (Å²) >= 11 is 0. The number of hydrogen-bond acceptors (Lipinski definition) is 2. The van der Waals surface area contributed by atoms with Gasteiger partial charge in [-0.3, -0.25) is 0 Å². The minimum Gasteiger partial charge on any atom is -0.382 e. The second kappa shape index (κ2) is 4.78. The molecule has 0 bridgehead atoms. The van der Waals surface area contributed by atoms with Gasteiger partial charge in [0.25, 0.3) is 0 Å². The van der Waals surface area contributed by atoms with Gasteiger partial charge in [0.1, 0.15) is 11.6 Å². The van der Waals surface area contributed by atoms with Crippen LogP contribution >= 0.6 is 0 Å². The fourth-order valence-electron chi connectivity index (χ4n) is 1.78. The van der Waals surface area contributed by atoms with E-state index in [0.29, 0.717) is 24.6 Å². The highest BCUT2D eigenvalue weighted by molar-refractivity contribution is 5.46. The van der Waals surface area contributed by atoms with Gasteiger partial charge in [-0.05, 0) is 25.0 Å². The molecule has 0 saturated carbocycles. The van der Waals surface area contributed by atoms with Crippen molar-refractivity contribution in [1.29, 1.82) is 0 Å². The number of ether oxygens (including phenoxy) is 1. The highest BCUT2D eigenvalue weighted by Gasteiger charge is 2.16. The summed E-state index contributed by atoms with van der Waals surface area (Å²) in [5, 5.41) is 2.93. The first-order chi connectivity index (χ1) is 7.66. The fourth-order valence-corrected chi connectivity index (χ4v) is 1.78. The van der Waals surface area contributed by atoms with E-state index >= 15 is 0 Å². The average molecular weight is 227 g/mol. The molecule has 4 heteroatoms. The van der Waals surface area contributed by atoms with Gasteiger partial charge in [0.2, 0.25) is 0 Å². The van der Waals surface area contributed by atoms with Gasteiger partial charge in [-0.1, -0.05) is 0 Å². The van der Waals surface area contributed by atoms with Crippen LogP contribution in [0.2, 0.25) is 0 Å². The molecule has 0 radical (unpaired) electrons. The standard InChI is InChI=1S/C12H15F2NO/c1-8-4-11(14)12(5-10(8)13)15-6-9-2-3-16-7-9/h4-5,9,15H,2-3,6-7H2,1H3. The van der Waals surface area contributed by atoms with E-state index in [0.717, 1.165) is 13.0 Å². The van der Waals surface area contributed by atoms with Gasteiger partial charge in [-0.15, -0.1) is 0 Å². The molecular weight excluding hydrogens is 212 g/mol. The Labute approximate surface area is 93.6 Å². The Morgan fingerprint density at radius 2 is 2.19 bits per heavy atom. The number of aryl methyl sites for hydroxylation is 1. The van der Waals surface area contributed by atoms with Crippen LogP contribution < -0.4 is 5.32 Å². The van der Waals surface area contributed by atoms with Crippen molar-refractivity contribution in [2.24, 2.45) is 5.92 Å². The highest BCUT2D eigenvalue weighted by Crippen LogP contribution is 2.20. The van der Waals surface area contributed by atoms with E-state index in [4.69, 9.17) is 4.74 Å². The molecule has 1 fully saturated rings. The minimum atomic E-state index is -0.405. The van der Waals surface area contributed by atoms with Crippen molar-refractivity contribution >= 4 is 5.69 Å². The largest absolute Gasteiger partial charge is 0.382 e. The van der Waals surface area contributed by atoms with Crippen LogP contribution in [0.5, 0.6) is 0 Å². The van der Waals surface area contributed by atoms with Crippen LogP contribution in [0.25, 0.3) is 0 Å². The lowest BCUT2D eigenvalue weighted by Crippen LogP contribution is -2.15. The Bertz CT molecular complexity index is 376. The van der Waals surface area contributed by atoms with Crippen LogP contribution in [0.4, 0.5) is 14.5 Å². The first kappa shape index (κ1) is 11.3. The third kappa shape index (κ3) is 2.50. The molecule has 2 nitrogen and oxygen atoms in total. The Kier molecular flexibility index (Phi) is 3.39. The molecule has 2 rings (SSSR count). The van der Waals surface area contributed by atoms with Gasteiger partial charge in [0, 0.05) is 25.1 Å². The smallest absolute Gasteiger partial charge is 0.146 e. The van der Waals surface area contributed by atoms with Gasteiger partial charge in [-0.25, -0.2) is 8.78 Å². The predicted octanol–water partition coefficient (Wildman–Crippen LogP) is 2.72. The Morgan fingerprint density at radius 1 is 1.38 bits per heavy atom. The van der Waals surface area contributed by atoms with Crippen LogP contribution in [0.3, 0.4) is 0 Å². The molecule has 1 atom stereocenters. The lowest BCUT2D eigenvalue weighted by molar-refractivity contribution is 0.187. The number of benzene rings is 1. The molecule has 1 aromatic rings. The zero-order chi connectivity index (χ0) is 11.5. The quantitative estimate of drug-likeness (QED) is 0.857. The van der Waals surface area contributed by atoms with Gasteiger partial charge in [-0.2, -0.15) is 0 Å². The topological polar surface area (TPSA) is 21.3 Å². The molecule has 1 unspecified atom stereocenters. The van der Waals surface area contributed by atoms with Gasteiger partial charge in [0.05, 0.1) is 12.3 Å². The molecule has 88 valence electrons. The van der Waals surface area contributed by atoms with E-state index in [9.17, 15) is 8.78 Å². The van der Waals surface area contributed by atoms with Crippen molar-refractivity contribution in [1.82, 2.24) is 0 Å². The summed E-state index contributed by atoms with van der Waals surface area (Å²) in [6.45, 7) is 3.63. The second-order valence-electron chi connectivity index (χ2n) is 4.19. The van der Waals surface area contributed by atoms with Crippen molar-refractivity contribution < 1.29 is 13.5 Å². The molecule has 1 aliphatic heterocycles. The zero-order valence-electron chi connectivity index (χ0n) is 9.22. The van der Waals surface area contributed by atoms with Gasteiger partial charge in [0.15, 0.2) is 0 Å². The Morgan fingerprint density at radius 3 is 2.88 bits per heavy atom. The lowest BCUT2D eigenvalue weighted by atomic mass is 10.1. The van der Waals surface area contributed by atoms with E-state index in [1.807, 2.05) is 0 Å². The van der Waals surface area contributed by atoms with Gasteiger partial charge >= 0.3 is 0 Å². The normalized spacial score (nSPS) is 20.1. The molecule has 0 aliphatic carbocycles. The number of anilines is 1. The monoisotopic (exact) mass is 227 g/mol. The molecule has 1 aliphatic rings. The summed E-state index contributed by atoms with van der Waals surface area (Å²) in [5.74, 6) is -0.395. The highest BCUT2D eigenvalue weighted by atomic mass is 19.1. The summed E-state index contributed by atoms with van der Waals surface area (Å²) in [6, 6.07) is 2.42. The number of nitrogens with one attached hydrogen (secondary N) is 1. The third-order valence-electron chi connectivity index (χ3n) is 2.85. The molecule has 1 saturated heterocycles. The van der Waals surface area contributed by atoms with Crippen molar-refractivity contribution in [2.75, 3.05) is 25.1 Å². The molecule has 0 aromatic heterocycles. The Hall–Kier alpha value is -1.16. The third-order valence-corrected chi connectivity index (χ3v) is 2.85. The fraction of sp³-hybridized carbons (Fsp3) is 0.500. The van der Waals surface area contributed by atoms with E-state index in [1.165, 1.54) is 12.1 Å². The molecule has 16 heavy (non-hydrogen) atoms. The summed E-state index contributed by atoms with van der Waals surface area (Å²) in [7, 11) is 0. The van der Waals surface area contributed by atoms with E-state index in [-0.39, 0.29) is 11.5 Å². The van der Waals surface area contributed by atoms with Gasteiger partial charge < -0.3 is 10.1 Å². The van der Waals surface area contributed by atoms with Crippen molar-refractivity contribution in [3.63, 3.8) is 0 Å². The van der Waals surface area contributed by atoms with Crippen LogP contribution in [-0.2, 0) is 4.74 Å². The summed E-state index contributed by atoms with van der Waals surface area (Å²) in [4.78, 5) is 0. The summed E-state index contributed by atoms with van der Waals surface area (Å²) < 4.78 is 31.9. The maximum absolute atomic E-state index is 13.4. The SMILES string of the molecule is Cc1cc(F)c(NCC2CCOC2)cc1F. The van der Waals surface area contributed by atoms with E-state index < -0.39 is 5.82 Å². The van der Waals surface area contributed by atoms with Crippen LogP contribution in [0, 0.1) is 24.5 Å². The molecule has 1 N–H and O–H groups in total. The maximum Gasteiger partial charge on any atom is 0.146 e. The lowest BCUT2D eigenvalue weighted by Gasteiger charge is -2.12. The second-order valence-corrected chi connectivity index (χ2v) is 4.19. The van der Waals surface area contributed by atoms with Crippen LogP contribution in [0.1, 0.15) is 12.0 Å². The zero-order valence-corrected chi connectivity index (χ0v) is 9.22. The van der Waals surface area contributed by atoms with Crippen molar-refractivity contribution in [3.8, 4) is 0 Å². The first-order valence-electron chi connectivity index (χ1n) is 5.44. The molecule has 1 heterocycles. The van der Waals surface area contributed by atoms with Crippen molar-refractivity contribution in [2.45, 2.75) is 13.3 Å². The molecular formula is C12H15F2NO. The number of halogens is 2. The average Bonchev–Trinajstić information content (AvgIpc) is 2.74. The molecule has 0 amide bonds. The molecule has 0 spiro atoms.